The van der Waals surface area contributed by atoms with E-state index < -0.39 is 15.7 Å². The average Bonchev–Trinajstić information content (AvgIpc) is 2.33. The van der Waals surface area contributed by atoms with Crippen molar-refractivity contribution in [1.82, 2.24) is 0 Å². The van der Waals surface area contributed by atoms with Gasteiger partial charge in [-0.25, -0.2) is 0 Å². The molecule has 1 aromatic rings. The summed E-state index contributed by atoms with van der Waals surface area (Å²) in [6.45, 7) is 1.93. The average molecular weight is 248 g/mol. The summed E-state index contributed by atoms with van der Waals surface area (Å²) in [5, 5.41) is 10.2. The van der Waals surface area contributed by atoms with Gasteiger partial charge in [-0.05, 0) is 43.4 Å². The highest BCUT2D eigenvalue weighted by Gasteiger charge is 2.31. The van der Waals surface area contributed by atoms with E-state index in [-0.39, 0.29) is 5.78 Å². The number of hydrogen-bond acceptors (Lipinski definition) is 3. The van der Waals surface area contributed by atoms with Crippen molar-refractivity contribution < 1.29 is 14.1 Å². The fraction of sp³-hybridized carbons (Fsp3) is 0.154. The number of rotatable bonds is 2. The van der Waals surface area contributed by atoms with Crippen molar-refractivity contribution in [2.24, 2.45) is 0 Å². The Labute approximate surface area is 102 Å². The minimum absolute atomic E-state index is 0.212. The van der Waals surface area contributed by atoms with Crippen LogP contribution in [0.1, 0.15) is 5.56 Å². The lowest BCUT2D eigenvalue weighted by Gasteiger charge is -2.21. The lowest BCUT2D eigenvalue weighted by Crippen LogP contribution is -2.31. The molecule has 0 amide bonds. The van der Waals surface area contributed by atoms with Gasteiger partial charge >= 0.3 is 0 Å². The first-order chi connectivity index (χ1) is 8.01. The topological polar surface area (TPSA) is 54.4 Å². The van der Waals surface area contributed by atoms with Crippen molar-refractivity contribution in [3.8, 4) is 0 Å². The SMILES string of the molecule is Cc1ccc(S(=O)C2(O)C=CC(=O)C=C2)cc1. The van der Waals surface area contributed by atoms with E-state index in [2.05, 4.69) is 0 Å². The maximum atomic E-state index is 12.2. The number of allylic oxidation sites excluding steroid dienone is 2. The van der Waals surface area contributed by atoms with Crippen molar-refractivity contribution in [3.05, 3.63) is 54.1 Å². The first-order valence-corrected chi connectivity index (χ1v) is 6.30. The van der Waals surface area contributed by atoms with Gasteiger partial charge in [0.2, 0.25) is 0 Å². The maximum absolute atomic E-state index is 12.2. The second-order valence-corrected chi connectivity index (χ2v) is 5.57. The fourth-order valence-corrected chi connectivity index (χ4v) is 2.63. The Morgan fingerprint density at radius 3 is 2.18 bits per heavy atom. The van der Waals surface area contributed by atoms with Crippen LogP contribution in [0.5, 0.6) is 0 Å². The third-order valence-electron chi connectivity index (χ3n) is 2.50. The first kappa shape index (κ1) is 12.0. The van der Waals surface area contributed by atoms with E-state index in [9.17, 15) is 14.1 Å². The highest BCUT2D eigenvalue weighted by Crippen LogP contribution is 2.24. The van der Waals surface area contributed by atoms with Gasteiger partial charge in [-0.3, -0.25) is 9.00 Å². The summed E-state index contributed by atoms with van der Waals surface area (Å²) < 4.78 is 12.2. The van der Waals surface area contributed by atoms with Gasteiger partial charge in [-0.1, -0.05) is 17.7 Å². The largest absolute Gasteiger partial charge is 0.370 e. The zero-order valence-electron chi connectivity index (χ0n) is 9.29. The standard InChI is InChI=1S/C13H12O3S/c1-10-2-4-12(5-3-10)17(16)13(15)8-6-11(14)7-9-13/h2-9,15H,1H3. The first-order valence-electron chi connectivity index (χ1n) is 5.15. The molecule has 17 heavy (non-hydrogen) atoms. The van der Waals surface area contributed by atoms with Gasteiger partial charge in [-0.15, -0.1) is 0 Å². The Morgan fingerprint density at radius 2 is 1.65 bits per heavy atom. The molecule has 0 heterocycles. The molecular formula is C13H12O3S. The third kappa shape index (κ3) is 2.43. The highest BCUT2D eigenvalue weighted by molar-refractivity contribution is 7.86. The molecule has 1 aromatic carbocycles. The highest BCUT2D eigenvalue weighted by atomic mass is 32.2. The van der Waals surface area contributed by atoms with Gasteiger partial charge < -0.3 is 5.11 Å². The predicted molar refractivity (Wildman–Crippen MR) is 65.8 cm³/mol. The predicted octanol–water partition coefficient (Wildman–Crippen LogP) is 1.49. The van der Waals surface area contributed by atoms with Gasteiger partial charge in [-0.2, -0.15) is 0 Å². The molecule has 1 aliphatic rings. The normalized spacial score (nSPS) is 19.3. The zero-order chi connectivity index (χ0) is 12.5. The quantitative estimate of drug-likeness (QED) is 0.862. The molecule has 1 aliphatic carbocycles. The number of ketones is 1. The monoisotopic (exact) mass is 248 g/mol. The van der Waals surface area contributed by atoms with Gasteiger partial charge in [0.1, 0.15) is 0 Å². The Hall–Kier alpha value is -1.52. The van der Waals surface area contributed by atoms with Crippen LogP contribution in [-0.2, 0) is 15.6 Å². The Morgan fingerprint density at radius 1 is 1.12 bits per heavy atom. The number of benzene rings is 1. The summed E-state index contributed by atoms with van der Waals surface area (Å²) in [7, 11) is -1.63. The summed E-state index contributed by atoms with van der Waals surface area (Å²) in [6, 6.07) is 7.08. The molecule has 0 aliphatic heterocycles. The lowest BCUT2D eigenvalue weighted by atomic mass is 10.1. The number of carbonyl (C=O) groups is 1. The van der Waals surface area contributed by atoms with Gasteiger partial charge in [0.05, 0.1) is 10.8 Å². The molecular weight excluding hydrogens is 236 g/mol. The molecule has 1 unspecified atom stereocenters. The van der Waals surface area contributed by atoms with E-state index in [1.807, 2.05) is 19.1 Å². The van der Waals surface area contributed by atoms with Crippen LogP contribution in [-0.4, -0.2) is 20.0 Å². The molecule has 1 N–H and O–H groups in total. The molecule has 0 saturated carbocycles. The molecule has 3 nitrogen and oxygen atoms in total. The van der Waals surface area contributed by atoms with Crippen molar-refractivity contribution in [3.63, 3.8) is 0 Å². The van der Waals surface area contributed by atoms with Crippen LogP contribution in [0, 0.1) is 6.92 Å². The molecule has 4 heteroatoms. The van der Waals surface area contributed by atoms with Crippen LogP contribution in [0.2, 0.25) is 0 Å². The minimum Gasteiger partial charge on any atom is -0.370 e. The van der Waals surface area contributed by atoms with Gasteiger partial charge in [0.25, 0.3) is 0 Å². The summed E-state index contributed by atoms with van der Waals surface area (Å²) >= 11 is 0. The third-order valence-corrected chi connectivity index (χ3v) is 4.07. The maximum Gasteiger partial charge on any atom is 0.182 e. The fourth-order valence-electron chi connectivity index (χ4n) is 1.49. The molecule has 0 fully saturated rings. The van der Waals surface area contributed by atoms with Crippen LogP contribution in [0.3, 0.4) is 0 Å². The van der Waals surface area contributed by atoms with E-state index in [1.165, 1.54) is 24.3 Å². The summed E-state index contributed by atoms with van der Waals surface area (Å²) in [4.78, 5) is 9.91. The number of carbonyl (C=O) groups excluding carboxylic acids is 1. The number of hydrogen-bond donors (Lipinski definition) is 1. The van der Waals surface area contributed by atoms with Gasteiger partial charge in [0.15, 0.2) is 10.7 Å². The van der Waals surface area contributed by atoms with E-state index in [0.29, 0.717) is 4.90 Å². The van der Waals surface area contributed by atoms with Crippen molar-refractivity contribution in [1.29, 1.82) is 0 Å². The molecule has 0 bridgehead atoms. The molecule has 2 rings (SSSR count). The zero-order valence-corrected chi connectivity index (χ0v) is 10.1. The number of aliphatic hydroxyl groups is 1. The Kier molecular flexibility index (Phi) is 3.09. The Bertz CT molecular complexity index is 510. The van der Waals surface area contributed by atoms with Crippen LogP contribution >= 0.6 is 0 Å². The Balaban J connectivity index is 2.32. The van der Waals surface area contributed by atoms with Crippen LogP contribution in [0.4, 0.5) is 0 Å². The molecule has 0 saturated heterocycles. The van der Waals surface area contributed by atoms with E-state index in [1.54, 1.807) is 12.1 Å². The van der Waals surface area contributed by atoms with E-state index >= 15 is 0 Å². The molecule has 1 atom stereocenters. The summed E-state index contributed by atoms with van der Waals surface area (Å²) in [6.07, 6.45) is 4.99. The number of aryl methyl sites for hydroxylation is 1. The smallest absolute Gasteiger partial charge is 0.182 e. The molecule has 0 aromatic heterocycles. The second kappa shape index (κ2) is 4.39. The van der Waals surface area contributed by atoms with Crippen molar-refractivity contribution in [2.45, 2.75) is 16.8 Å². The lowest BCUT2D eigenvalue weighted by molar-refractivity contribution is -0.110. The molecule has 0 spiro atoms. The van der Waals surface area contributed by atoms with Gasteiger partial charge in [0, 0.05) is 4.90 Å². The van der Waals surface area contributed by atoms with Crippen LogP contribution in [0.15, 0.2) is 53.5 Å². The van der Waals surface area contributed by atoms with Crippen LogP contribution in [0.25, 0.3) is 0 Å². The van der Waals surface area contributed by atoms with Crippen molar-refractivity contribution in [2.75, 3.05) is 0 Å². The van der Waals surface area contributed by atoms with Crippen LogP contribution < -0.4 is 0 Å². The summed E-state index contributed by atoms with van der Waals surface area (Å²) in [5.41, 5.74) is 1.06. The summed E-state index contributed by atoms with van der Waals surface area (Å²) in [5.74, 6) is -0.212. The van der Waals surface area contributed by atoms with E-state index in [0.717, 1.165) is 5.56 Å². The molecule has 0 radical (unpaired) electrons. The van der Waals surface area contributed by atoms with E-state index in [4.69, 9.17) is 0 Å². The minimum atomic E-state index is -1.63. The molecule has 88 valence electrons. The van der Waals surface area contributed by atoms with Crippen molar-refractivity contribution >= 4 is 16.6 Å². The second-order valence-electron chi connectivity index (χ2n) is 3.90.